The van der Waals surface area contributed by atoms with Crippen molar-refractivity contribution in [2.75, 3.05) is 13.6 Å². The molecule has 0 aromatic heterocycles. The zero-order valence-corrected chi connectivity index (χ0v) is 13.6. The highest BCUT2D eigenvalue weighted by Gasteiger charge is 2.20. The number of carbonyl (C=O) groups excluding carboxylic acids is 2. The van der Waals surface area contributed by atoms with E-state index in [2.05, 4.69) is 36.5 Å². The SMILES string of the molecule is CC(=O)C(NC(=O)CN(C)Cc1ccc(C)cc1)C(C)C. The van der Waals surface area contributed by atoms with Gasteiger partial charge in [-0.15, -0.1) is 0 Å². The molecular formula is C17H26N2O2. The van der Waals surface area contributed by atoms with Crippen LogP contribution in [0.25, 0.3) is 0 Å². The van der Waals surface area contributed by atoms with Crippen LogP contribution >= 0.6 is 0 Å². The summed E-state index contributed by atoms with van der Waals surface area (Å²) in [5.41, 5.74) is 2.39. The van der Waals surface area contributed by atoms with Crippen molar-refractivity contribution in [3.05, 3.63) is 35.4 Å². The van der Waals surface area contributed by atoms with Gasteiger partial charge in [-0.05, 0) is 32.4 Å². The molecule has 0 aliphatic rings. The van der Waals surface area contributed by atoms with E-state index in [0.29, 0.717) is 6.54 Å². The minimum atomic E-state index is -0.398. The number of amides is 1. The van der Waals surface area contributed by atoms with E-state index in [0.717, 1.165) is 0 Å². The van der Waals surface area contributed by atoms with Crippen molar-refractivity contribution < 1.29 is 9.59 Å². The van der Waals surface area contributed by atoms with Crippen LogP contribution in [0, 0.1) is 12.8 Å². The van der Waals surface area contributed by atoms with Crippen molar-refractivity contribution >= 4 is 11.7 Å². The first-order valence-electron chi connectivity index (χ1n) is 7.33. The molecule has 4 nitrogen and oxygen atoms in total. The number of aryl methyl sites for hydroxylation is 1. The summed E-state index contributed by atoms with van der Waals surface area (Å²) in [5, 5.41) is 2.81. The first-order chi connectivity index (χ1) is 9.79. The predicted octanol–water partition coefficient (Wildman–Crippen LogP) is 2.16. The number of rotatable bonds is 7. The van der Waals surface area contributed by atoms with Gasteiger partial charge in [0.15, 0.2) is 5.78 Å². The highest BCUT2D eigenvalue weighted by molar-refractivity contribution is 5.88. The standard InChI is InChI=1S/C17H26N2O2/c1-12(2)17(14(4)20)18-16(21)11-19(5)10-15-8-6-13(3)7-9-15/h6-9,12,17H,10-11H2,1-5H3,(H,18,21). The lowest BCUT2D eigenvalue weighted by Gasteiger charge is -2.22. The quantitative estimate of drug-likeness (QED) is 0.837. The van der Waals surface area contributed by atoms with Gasteiger partial charge >= 0.3 is 0 Å². The number of likely N-dealkylation sites (N-methyl/N-ethyl adjacent to an activating group) is 1. The Bertz CT molecular complexity index is 480. The molecule has 0 radical (unpaired) electrons. The molecule has 1 rings (SSSR count). The second-order valence-electron chi connectivity index (χ2n) is 6.06. The van der Waals surface area contributed by atoms with E-state index in [1.807, 2.05) is 25.8 Å². The zero-order chi connectivity index (χ0) is 16.0. The summed E-state index contributed by atoms with van der Waals surface area (Å²) >= 11 is 0. The summed E-state index contributed by atoms with van der Waals surface area (Å²) in [4.78, 5) is 25.5. The van der Waals surface area contributed by atoms with Gasteiger partial charge in [0, 0.05) is 6.54 Å². The summed E-state index contributed by atoms with van der Waals surface area (Å²) in [5.74, 6) is -0.00750. The molecular weight excluding hydrogens is 264 g/mol. The van der Waals surface area contributed by atoms with E-state index >= 15 is 0 Å². The highest BCUT2D eigenvalue weighted by Crippen LogP contribution is 2.06. The van der Waals surface area contributed by atoms with Gasteiger partial charge in [0.05, 0.1) is 12.6 Å². The third-order valence-corrected chi connectivity index (χ3v) is 3.41. The van der Waals surface area contributed by atoms with E-state index < -0.39 is 6.04 Å². The van der Waals surface area contributed by atoms with E-state index in [9.17, 15) is 9.59 Å². The van der Waals surface area contributed by atoms with Gasteiger partial charge in [-0.1, -0.05) is 43.7 Å². The van der Waals surface area contributed by atoms with Crippen molar-refractivity contribution in [1.29, 1.82) is 0 Å². The molecule has 0 heterocycles. The molecule has 0 saturated heterocycles. The molecule has 1 amide bonds. The van der Waals surface area contributed by atoms with Crippen LogP contribution in [0.4, 0.5) is 0 Å². The summed E-state index contributed by atoms with van der Waals surface area (Å²) in [6, 6.07) is 7.86. The maximum Gasteiger partial charge on any atom is 0.234 e. The van der Waals surface area contributed by atoms with Gasteiger partial charge in [0.1, 0.15) is 0 Å². The summed E-state index contributed by atoms with van der Waals surface area (Å²) < 4.78 is 0. The molecule has 0 saturated carbocycles. The maximum absolute atomic E-state index is 12.0. The van der Waals surface area contributed by atoms with E-state index in [1.54, 1.807) is 0 Å². The van der Waals surface area contributed by atoms with Crippen LogP contribution in [-0.2, 0) is 16.1 Å². The van der Waals surface area contributed by atoms with Crippen LogP contribution in [-0.4, -0.2) is 36.2 Å². The summed E-state index contributed by atoms with van der Waals surface area (Å²) in [7, 11) is 1.90. The number of carbonyl (C=O) groups is 2. The number of ketones is 1. The van der Waals surface area contributed by atoms with E-state index in [4.69, 9.17) is 0 Å². The third-order valence-electron chi connectivity index (χ3n) is 3.41. The molecule has 0 spiro atoms. The lowest BCUT2D eigenvalue weighted by molar-refractivity contribution is -0.128. The van der Waals surface area contributed by atoms with Crippen LogP contribution in [0.1, 0.15) is 31.9 Å². The van der Waals surface area contributed by atoms with Crippen molar-refractivity contribution in [3.8, 4) is 0 Å². The first-order valence-corrected chi connectivity index (χ1v) is 7.33. The topological polar surface area (TPSA) is 49.4 Å². The molecule has 0 fully saturated rings. The Hall–Kier alpha value is -1.68. The average Bonchev–Trinajstić information content (AvgIpc) is 2.38. The van der Waals surface area contributed by atoms with Crippen molar-refractivity contribution in [1.82, 2.24) is 10.2 Å². The minimum absolute atomic E-state index is 0.000428. The van der Waals surface area contributed by atoms with Gasteiger partial charge in [-0.3, -0.25) is 14.5 Å². The Morgan fingerprint density at radius 2 is 1.76 bits per heavy atom. The van der Waals surface area contributed by atoms with Crippen LogP contribution in [0.15, 0.2) is 24.3 Å². The summed E-state index contributed by atoms with van der Waals surface area (Å²) in [6.45, 7) is 8.42. The highest BCUT2D eigenvalue weighted by atomic mass is 16.2. The van der Waals surface area contributed by atoms with Crippen molar-refractivity contribution in [3.63, 3.8) is 0 Å². The average molecular weight is 290 g/mol. The Labute approximate surface area is 127 Å². The van der Waals surface area contributed by atoms with Crippen LogP contribution < -0.4 is 5.32 Å². The predicted molar refractivity (Wildman–Crippen MR) is 85.0 cm³/mol. The lowest BCUT2D eigenvalue weighted by atomic mass is 10.0. The first kappa shape index (κ1) is 17.4. The molecule has 1 N–H and O–H groups in total. The fourth-order valence-corrected chi connectivity index (χ4v) is 2.26. The smallest absolute Gasteiger partial charge is 0.234 e. The number of hydrogen-bond acceptors (Lipinski definition) is 3. The molecule has 1 aromatic rings. The third kappa shape index (κ3) is 6.08. The Kier molecular flexibility index (Phi) is 6.56. The van der Waals surface area contributed by atoms with E-state index in [-0.39, 0.29) is 24.2 Å². The number of hydrogen-bond donors (Lipinski definition) is 1. The molecule has 4 heteroatoms. The Balaban J connectivity index is 2.50. The van der Waals surface area contributed by atoms with Crippen molar-refractivity contribution in [2.24, 2.45) is 5.92 Å². The Morgan fingerprint density at radius 3 is 2.24 bits per heavy atom. The molecule has 0 aliphatic heterocycles. The van der Waals surface area contributed by atoms with Gasteiger partial charge in [0.2, 0.25) is 5.91 Å². The number of nitrogens with one attached hydrogen (secondary N) is 1. The number of nitrogens with zero attached hydrogens (tertiary/aromatic N) is 1. The molecule has 1 unspecified atom stereocenters. The second kappa shape index (κ2) is 7.93. The molecule has 116 valence electrons. The fraction of sp³-hybridized carbons (Fsp3) is 0.529. The van der Waals surface area contributed by atoms with Crippen molar-refractivity contribution in [2.45, 2.75) is 40.3 Å². The minimum Gasteiger partial charge on any atom is -0.345 e. The van der Waals surface area contributed by atoms with Gasteiger partial charge in [-0.2, -0.15) is 0 Å². The summed E-state index contributed by atoms with van der Waals surface area (Å²) in [6.07, 6.45) is 0. The number of Topliss-reactive ketones (excluding diaryl/α,β-unsaturated/α-hetero) is 1. The molecule has 1 atom stereocenters. The largest absolute Gasteiger partial charge is 0.345 e. The van der Waals surface area contributed by atoms with Gasteiger partial charge in [0.25, 0.3) is 0 Å². The molecule has 0 aliphatic carbocycles. The fourth-order valence-electron chi connectivity index (χ4n) is 2.26. The lowest BCUT2D eigenvalue weighted by Crippen LogP contribution is -2.46. The maximum atomic E-state index is 12.0. The zero-order valence-electron chi connectivity index (χ0n) is 13.6. The monoisotopic (exact) mass is 290 g/mol. The van der Waals surface area contributed by atoms with Gasteiger partial charge in [-0.25, -0.2) is 0 Å². The molecule has 21 heavy (non-hydrogen) atoms. The normalized spacial score (nSPS) is 12.5. The second-order valence-corrected chi connectivity index (χ2v) is 6.06. The van der Waals surface area contributed by atoms with Crippen LogP contribution in [0.3, 0.4) is 0 Å². The number of benzene rings is 1. The van der Waals surface area contributed by atoms with Gasteiger partial charge < -0.3 is 5.32 Å². The van der Waals surface area contributed by atoms with Crippen LogP contribution in [0.2, 0.25) is 0 Å². The van der Waals surface area contributed by atoms with Crippen LogP contribution in [0.5, 0.6) is 0 Å². The molecule has 0 bridgehead atoms. The van der Waals surface area contributed by atoms with E-state index in [1.165, 1.54) is 18.1 Å². The molecule has 1 aromatic carbocycles. The Morgan fingerprint density at radius 1 is 1.19 bits per heavy atom.